The van der Waals surface area contributed by atoms with E-state index < -0.39 is 0 Å². The Morgan fingerprint density at radius 2 is 1.75 bits per heavy atom. The number of phenols is 1. The minimum atomic E-state index is 0. The van der Waals surface area contributed by atoms with Crippen LogP contribution >= 0.6 is 0 Å². The lowest BCUT2D eigenvalue weighted by atomic mass is 10.1. The van der Waals surface area contributed by atoms with Gasteiger partial charge in [0.15, 0.2) is 0 Å². The molecular weight excluding hydrogens is 149 g/mol. The van der Waals surface area contributed by atoms with Gasteiger partial charge in [-0.25, -0.2) is 0 Å². The maximum absolute atomic E-state index is 8.99. The highest BCUT2D eigenvalue weighted by atomic mass is 16.3. The van der Waals surface area contributed by atoms with Gasteiger partial charge >= 0.3 is 0 Å². The topological polar surface area (TPSA) is 46.2 Å². The van der Waals surface area contributed by atoms with Crippen LogP contribution in [0.4, 0.5) is 0 Å². The average molecular weight is 160 g/mol. The molecule has 3 radical (unpaired) electrons. The van der Waals surface area contributed by atoms with E-state index in [-0.39, 0.29) is 8.41 Å². The first kappa shape index (κ1) is 9.14. The fourth-order valence-electron chi connectivity index (χ4n) is 1.32. The maximum atomic E-state index is 8.99. The molecule has 3 heteroatoms. The molecule has 2 nitrogen and oxygen atoms in total. The summed E-state index contributed by atoms with van der Waals surface area (Å²) in [5.41, 5.74) is 6.92. The SMILES string of the molecule is N[C@H]1C[C@@H]1c1ccc(O)cc1.[B]. The molecule has 1 saturated carbocycles. The van der Waals surface area contributed by atoms with Gasteiger partial charge in [0, 0.05) is 20.4 Å². The summed E-state index contributed by atoms with van der Waals surface area (Å²) in [6.45, 7) is 0. The summed E-state index contributed by atoms with van der Waals surface area (Å²) >= 11 is 0. The quantitative estimate of drug-likeness (QED) is 0.597. The Hall–Kier alpha value is -0.955. The van der Waals surface area contributed by atoms with Crippen molar-refractivity contribution in [2.45, 2.75) is 18.4 Å². The van der Waals surface area contributed by atoms with E-state index >= 15 is 0 Å². The summed E-state index contributed by atoms with van der Waals surface area (Å²) in [7, 11) is 0. The van der Waals surface area contributed by atoms with Crippen molar-refractivity contribution in [3.63, 3.8) is 0 Å². The maximum Gasteiger partial charge on any atom is 0.115 e. The Morgan fingerprint density at radius 3 is 2.17 bits per heavy atom. The third-order valence-electron chi connectivity index (χ3n) is 2.16. The summed E-state index contributed by atoms with van der Waals surface area (Å²) in [4.78, 5) is 0. The Kier molecular flexibility index (Phi) is 2.43. The summed E-state index contributed by atoms with van der Waals surface area (Å²) in [5, 5.41) is 8.99. The molecule has 12 heavy (non-hydrogen) atoms. The molecule has 1 aromatic rings. The summed E-state index contributed by atoms with van der Waals surface area (Å²) in [6, 6.07) is 7.64. The second-order valence-electron chi connectivity index (χ2n) is 3.10. The van der Waals surface area contributed by atoms with Crippen LogP contribution in [0.3, 0.4) is 0 Å². The van der Waals surface area contributed by atoms with Crippen molar-refractivity contribution < 1.29 is 5.11 Å². The third-order valence-corrected chi connectivity index (χ3v) is 2.16. The van der Waals surface area contributed by atoms with E-state index in [0.29, 0.717) is 17.7 Å². The predicted octanol–water partition coefficient (Wildman–Crippen LogP) is 0.826. The van der Waals surface area contributed by atoms with E-state index in [1.807, 2.05) is 12.1 Å². The van der Waals surface area contributed by atoms with Crippen LogP contribution < -0.4 is 5.73 Å². The second-order valence-corrected chi connectivity index (χ2v) is 3.10. The Labute approximate surface area is 74.0 Å². The monoisotopic (exact) mass is 160 g/mol. The molecule has 0 unspecified atom stereocenters. The van der Waals surface area contributed by atoms with Gasteiger partial charge in [-0.15, -0.1) is 0 Å². The molecule has 61 valence electrons. The molecule has 1 aromatic carbocycles. The number of hydrogen-bond donors (Lipinski definition) is 2. The van der Waals surface area contributed by atoms with Crippen LogP contribution in [0.15, 0.2) is 24.3 Å². The fraction of sp³-hybridized carbons (Fsp3) is 0.333. The molecule has 2 atom stereocenters. The largest absolute Gasteiger partial charge is 0.508 e. The molecule has 3 N–H and O–H groups in total. The van der Waals surface area contributed by atoms with Crippen LogP contribution in [0.2, 0.25) is 0 Å². The predicted molar refractivity (Wildman–Crippen MR) is 49.2 cm³/mol. The van der Waals surface area contributed by atoms with Crippen LogP contribution in [0.5, 0.6) is 5.75 Å². The van der Waals surface area contributed by atoms with Crippen molar-refractivity contribution in [1.82, 2.24) is 0 Å². The van der Waals surface area contributed by atoms with Crippen LogP contribution in [0, 0.1) is 0 Å². The van der Waals surface area contributed by atoms with Crippen LogP contribution in [-0.4, -0.2) is 19.6 Å². The lowest BCUT2D eigenvalue weighted by Crippen LogP contribution is -2.00. The van der Waals surface area contributed by atoms with Crippen molar-refractivity contribution in [2.24, 2.45) is 5.73 Å². The van der Waals surface area contributed by atoms with Gasteiger partial charge in [-0.1, -0.05) is 12.1 Å². The highest BCUT2D eigenvalue weighted by Crippen LogP contribution is 2.39. The van der Waals surface area contributed by atoms with Gasteiger partial charge in [-0.2, -0.15) is 0 Å². The molecule has 2 rings (SSSR count). The zero-order chi connectivity index (χ0) is 7.84. The smallest absolute Gasteiger partial charge is 0.115 e. The van der Waals surface area contributed by atoms with Crippen molar-refractivity contribution in [1.29, 1.82) is 0 Å². The Bertz CT molecular complexity index is 260. The summed E-state index contributed by atoms with van der Waals surface area (Å²) in [5.74, 6) is 0.860. The molecule has 1 fully saturated rings. The molecular formula is C9H11BNO. The Balaban J connectivity index is 0.000000720. The van der Waals surface area contributed by atoms with Gasteiger partial charge in [0.1, 0.15) is 5.75 Å². The number of phenolic OH excluding ortho intramolecular Hbond substituents is 1. The van der Waals surface area contributed by atoms with E-state index in [4.69, 9.17) is 10.8 Å². The zero-order valence-corrected chi connectivity index (χ0v) is 6.77. The minimum Gasteiger partial charge on any atom is -0.508 e. The van der Waals surface area contributed by atoms with Crippen molar-refractivity contribution in [3.8, 4) is 5.75 Å². The zero-order valence-electron chi connectivity index (χ0n) is 6.77. The molecule has 0 aromatic heterocycles. The molecule has 0 spiro atoms. The highest BCUT2D eigenvalue weighted by molar-refractivity contribution is 5.75. The van der Waals surface area contributed by atoms with Gasteiger partial charge in [0.25, 0.3) is 0 Å². The second kappa shape index (κ2) is 3.19. The van der Waals surface area contributed by atoms with Crippen molar-refractivity contribution in [3.05, 3.63) is 29.8 Å². The van der Waals surface area contributed by atoms with Crippen molar-refractivity contribution in [2.75, 3.05) is 0 Å². The van der Waals surface area contributed by atoms with Crippen LogP contribution in [0.25, 0.3) is 0 Å². The molecule has 1 aliphatic rings. The van der Waals surface area contributed by atoms with E-state index in [0.717, 1.165) is 6.42 Å². The standard InChI is InChI=1S/C9H11NO.B/c10-9-5-8(9)6-1-3-7(11)4-2-6;/h1-4,8-9,11H,5,10H2;/t8-,9+;/m1./s1. The first-order valence-electron chi connectivity index (χ1n) is 3.82. The van der Waals surface area contributed by atoms with Crippen LogP contribution in [0.1, 0.15) is 17.9 Å². The number of benzene rings is 1. The van der Waals surface area contributed by atoms with E-state index in [1.54, 1.807) is 12.1 Å². The Morgan fingerprint density at radius 1 is 1.25 bits per heavy atom. The number of nitrogens with two attached hydrogens (primary N) is 1. The molecule has 0 aliphatic heterocycles. The van der Waals surface area contributed by atoms with E-state index in [9.17, 15) is 0 Å². The summed E-state index contributed by atoms with van der Waals surface area (Å²) in [6.07, 6.45) is 1.09. The lowest BCUT2D eigenvalue weighted by molar-refractivity contribution is 0.475. The normalized spacial score (nSPS) is 26.1. The lowest BCUT2D eigenvalue weighted by Gasteiger charge is -1.97. The van der Waals surface area contributed by atoms with Gasteiger partial charge < -0.3 is 10.8 Å². The number of hydrogen-bond acceptors (Lipinski definition) is 2. The highest BCUT2D eigenvalue weighted by Gasteiger charge is 2.34. The fourth-order valence-corrected chi connectivity index (χ4v) is 1.32. The number of aromatic hydroxyl groups is 1. The first-order valence-corrected chi connectivity index (χ1v) is 3.82. The van der Waals surface area contributed by atoms with Gasteiger partial charge in [0.05, 0.1) is 0 Å². The average Bonchev–Trinajstić information content (AvgIpc) is 2.69. The third kappa shape index (κ3) is 1.61. The number of rotatable bonds is 1. The van der Waals surface area contributed by atoms with Gasteiger partial charge in [0.2, 0.25) is 0 Å². The van der Waals surface area contributed by atoms with Gasteiger partial charge in [-0.3, -0.25) is 0 Å². The molecule has 0 amide bonds. The first-order chi connectivity index (χ1) is 5.27. The molecule has 0 bridgehead atoms. The minimum absolute atomic E-state index is 0. The van der Waals surface area contributed by atoms with E-state index in [1.165, 1.54) is 5.56 Å². The van der Waals surface area contributed by atoms with Crippen molar-refractivity contribution >= 4 is 8.41 Å². The van der Waals surface area contributed by atoms with Gasteiger partial charge in [-0.05, 0) is 24.1 Å². The summed E-state index contributed by atoms with van der Waals surface area (Å²) < 4.78 is 0. The van der Waals surface area contributed by atoms with Crippen LogP contribution in [-0.2, 0) is 0 Å². The molecule has 1 aliphatic carbocycles. The molecule has 0 saturated heterocycles. The molecule has 0 heterocycles. The van der Waals surface area contributed by atoms with E-state index in [2.05, 4.69) is 0 Å².